The number of hydrogen-bond donors (Lipinski definition) is 1. The Morgan fingerprint density at radius 1 is 1.22 bits per heavy atom. The number of nitrogens with zero attached hydrogens (tertiary/aromatic N) is 1. The Kier molecular flexibility index (Phi) is 8.56. The van der Waals surface area contributed by atoms with Gasteiger partial charge in [0.1, 0.15) is 18.2 Å². The number of benzene rings is 3. The standard InChI is InChI=1S/C24H17BrClIN2O3/c1-31-22-12-15(10-17(13-28)24(30)29-21-9-5-4-8-19(21)26)11-20(27)23(22)32-14-16-6-2-3-7-18(16)25/h2-12H,14H2,1H3,(H,29,30)/b17-10+. The van der Waals surface area contributed by atoms with Gasteiger partial charge in [-0.2, -0.15) is 5.26 Å². The summed E-state index contributed by atoms with van der Waals surface area (Å²) in [5, 5.41) is 12.6. The van der Waals surface area contributed by atoms with Gasteiger partial charge < -0.3 is 14.8 Å². The molecule has 5 nitrogen and oxygen atoms in total. The Morgan fingerprint density at radius 2 is 1.94 bits per heavy atom. The molecule has 1 N–H and O–H groups in total. The quantitative estimate of drug-likeness (QED) is 0.178. The lowest BCUT2D eigenvalue weighted by Gasteiger charge is -2.14. The van der Waals surface area contributed by atoms with Gasteiger partial charge in [0.05, 0.1) is 21.4 Å². The molecule has 0 radical (unpaired) electrons. The fourth-order valence-electron chi connectivity index (χ4n) is 2.80. The van der Waals surface area contributed by atoms with Crippen molar-refractivity contribution in [3.05, 3.63) is 90.4 Å². The maximum Gasteiger partial charge on any atom is 0.266 e. The van der Waals surface area contributed by atoms with E-state index in [1.807, 2.05) is 36.4 Å². The molecular formula is C24H17BrClIN2O3. The van der Waals surface area contributed by atoms with Gasteiger partial charge >= 0.3 is 0 Å². The van der Waals surface area contributed by atoms with E-state index >= 15 is 0 Å². The second-order valence-corrected chi connectivity index (χ2v) is 8.94. The molecule has 0 spiro atoms. The van der Waals surface area contributed by atoms with E-state index in [0.717, 1.165) is 13.6 Å². The number of para-hydroxylation sites is 1. The first kappa shape index (κ1) is 24.1. The lowest BCUT2D eigenvalue weighted by Crippen LogP contribution is -2.13. The number of nitrogens with one attached hydrogen (secondary N) is 1. The minimum Gasteiger partial charge on any atom is -0.493 e. The van der Waals surface area contributed by atoms with Crippen molar-refractivity contribution < 1.29 is 14.3 Å². The van der Waals surface area contributed by atoms with Gasteiger partial charge in [0.2, 0.25) is 0 Å². The number of methoxy groups -OCH3 is 1. The van der Waals surface area contributed by atoms with Crippen molar-refractivity contribution in [2.24, 2.45) is 0 Å². The molecule has 0 bridgehead atoms. The van der Waals surface area contributed by atoms with Crippen LogP contribution in [0.25, 0.3) is 6.08 Å². The third-order valence-electron chi connectivity index (χ3n) is 4.38. The molecule has 0 saturated carbocycles. The predicted octanol–water partition coefficient (Wildman–Crippen LogP) is 6.84. The van der Waals surface area contributed by atoms with Crippen molar-refractivity contribution in [3.63, 3.8) is 0 Å². The Bertz CT molecular complexity index is 1220. The number of ether oxygens (including phenoxy) is 2. The first-order valence-corrected chi connectivity index (χ1v) is 11.6. The Morgan fingerprint density at radius 3 is 2.62 bits per heavy atom. The summed E-state index contributed by atoms with van der Waals surface area (Å²) in [6.45, 7) is 0.354. The van der Waals surface area contributed by atoms with Crippen molar-refractivity contribution in [2.45, 2.75) is 6.61 Å². The van der Waals surface area contributed by atoms with Gasteiger partial charge in [-0.25, -0.2) is 0 Å². The van der Waals surface area contributed by atoms with Crippen LogP contribution >= 0.6 is 50.1 Å². The summed E-state index contributed by atoms with van der Waals surface area (Å²) in [4.78, 5) is 12.6. The minimum absolute atomic E-state index is 0.0651. The number of carbonyl (C=O) groups is 1. The number of carbonyl (C=O) groups excluding carboxylic acids is 1. The molecule has 0 aliphatic carbocycles. The normalized spacial score (nSPS) is 10.9. The third-order valence-corrected chi connectivity index (χ3v) is 6.28. The molecule has 0 aliphatic heterocycles. The molecule has 3 aromatic rings. The van der Waals surface area contributed by atoms with E-state index in [1.54, 1.807) is 37.4 Å². The van der Waals surface area contributed by atoms with Gasteiger partial charge in [0.15, 0.2) is 11.5 Å². The highest BCUT2D eigenvalue weighted by Gasteiger charge is 2.15. The van der Waals surface area contributed by atoms with Crippen molar-refractivity contribution in [2.75, 3.05) is 12.4 Å². The molecule has 162 valence electrons. The maximum atomic E-state index is 12.6. The zero-order chi connectivity index (χ0) is 23.1. The topological polar surface area (TPSA) is 71.3 Å². The van der Waals surface area contributed by atoms with Crippen LogP contribution in [0, 0.1) is 14.9 Å². The van der Waals surface area contributed by atoms with Gasteiger partial charge in [0, 0.05) is 10.0 Å². The van der Waals surface area contributed by atoms with E-state index in [1.165, 1.54) is 6.08 Å². The van der Waals surface area contributed by atoms with Crippen LogP contribution in [0.5, 0.6) is 11.5 Å². The zero-order valence-electron chi connectivity index (χ0n) is 16.9. The van der Waals surface area contributed by atoms with E-state index in [0.29, 0.717) is 34.4 Å². The minimum atomic E-state index is -0.552. The highest BCUT2D eigenvalue weighted by Crippen LogP contribution is 2.35. The van der Waals surface area contributed by atoms with Gasteiger partial charge in [0.25, 0.3) is 5.91 Å². The van der Waals surface area contributed by atoms with Crippen LogP contribution in [0.2, 0.25) is 5.02 Å². The molecule has 0 unspecified atom stereocenters. The van der Waals surface area contributed by atoms with Gasteiger partial charge in [-0.1, -0.05) is 57.9 Å². The summed E-state index contributed by atoms with van der Waals surface area (Å²) >= 11 is 11.7. The zero-order valence-corrected chi connectivity index (χ0v) is 21.4. The average Bonchev–Trinajstić information content (AvgIpc) is 2.78. The van der Waals surface area contributed by atoms with E-state index in [2.05, 4.69) is 43.8 Å². The molecule has 1 amide bonds. The lowest BCUT2D eigenvalue weighted by atomic mass is 10.1. The number of anilines is 1. The molecule has 32 heavy (non-hydrogen) atoms. The lowest BCUT2D eigenvalue weighted by molar-refractivity contribution is -0.112. The SMILES string of the molecule is COc1cc(/C=C(\C#N)C(=O)Nc2ccccc2Cl)cc(I)c1OCc1ccccc1Br. The Hall–Kier alpha value is -2.54. The van der Waals surface area contributed by atoms with E-state index in [9.17, 15) is 10.1 Å². The van der Waals surface area contributed by atoms with Crippen LogP contribution in [0.15, 0.2) is 70.7 Å². The molecule has 8 heteroatoms. The smallest absolute Gasteiger partial charge is 0.266 e. The highest BCUT2D eigenvalue weighted by atomic mass is 127. The van der Waals surface area contributed by atoms with Gasteiger partial charge in [-0.15, -0.1) is 0 Å². The van der Waals surface area contributed by atoms with Crippen molar-refractivity contribution in [1.82, 2.24) is 0 Å². The van der Waals surface area contributed by atoms with E-state index in [-0.39, 0.29) is 5.57 Å². The molecule has 3 aromatic carbocycles. The number of rotatable bonds is 7. The van der Waals surface area contributed by atoms with E-state index < -0.39 is 5.91 Å². The fraction of sp³-hybridized carbons (Fsp3) is 0.0833. The summed E-state index contributed by atoms with van der Waals surface area (Å²) in [7, 11) is 1.54. The predicted molar refractivity (Wildman–Crippen MR) is 138 cm³/mol. The number of nitriles is 1. The summed E-state index contributed by atoms with van der Waals surface area (Å²) in [6.07, 6.45) is 1.49. The summed E-state index contributed by atoms with van der Waals surface area (Å²) in [5.74, 6) is 0.530. The molecule has 0 aromatic heterocycles. The second kappa shape index (κ2) is 11.4. The molecule has 0 heterocycles. The molecule has 0 fully saturated rings. The van der Waals surface area contributed by atoms with Crippen LogP contribution in [0.1, 0.15) is 11.1 Å². The van der Waals surface area contributed by atoms with Gasteiger partial charge in [-0.05, 0) is 64.6 Å². The van der Waals surface area contributed by atoms with Crippen LogP contribution in [0.3, 0.4) is 0 Å². The molecular weight excluding hydrogens is 607 g/mol. The van der Waals surface area contributed by atoms with Crippen molar-refractivity contribution in [1.29, 1.82) is 5.26 Å². The summed E-state index contributed by atoms with van der Waals surface area (Å²) < 4.78 is 13.2. The van der Waals surface area contributed by atoms with Crippen LogP contribution in [0.4, 0.5) is 5.69 Å². The molecule has 3 rings (SSSR count). The second-order valence-electron chi connectivity index (χ2n) is 6.52. The molecule has 0 saturated heterocycles. The van der Waals surface area contributed by atoms with E-state index in [4.69, 9.17) is 21.1 Å². The highest BCUT2D eigenvalue weighted by molar-refractivity contribution is 14.1. The average molecular weight is 624 g/mol. The maximum absolute atomic E-state index is 12.6. The number of amides is 1. The van der Waals surface area contributed by atoms with Crippen molar-refractivity contribution in [3.8, 4) is 17.6 Å². The van der Waals surface area contributed by atoms with Crippen LogP contribution in [-0.4, -0.2) is 13.0 Å². The first-order valence-electron chi connectivity index (χ1n) is 9.34. The third kappa shape index (κ3) is 6.03. The molecule has 0 atom stereocenters. The monoisotopic (exact) mass is 622 g/mol. The van der Waals surface area contributed by atoms with Crippen molar-refractivity contribution >= 4 is 67.8 Å². The Balaban J connectivity index is 1.84. The van der Waals surface area contributed by atoms with Gasteiger partial charge in [-0.3, -0.25) is 4.79 Å². The largest absolute Gasteiger partial charge is 0.493 e. The first-order chi connectivity index (χ1) is 15.4. The number of halogens is 3. The summed E-state index contributed by atoms with van der Waals surface area (Å²) in [6, 6.07) is 20.1. The Labute approximate surface area is 213 Å². The van der Waals surface area contributed by atoms with Crippen LogP contribution in [-0.2, 0) is 11.4 Å². The fourth-order valence-corrected chi connectivity index (χ4v) is 4.16. The summed E-state index contributed by atoms with van der Waals surface area (Å²) in [5.41, 5.74) is 2.00. The molecule has 0 aliphatic rings. The number of hydrogen-bond acceptors (Lipinski definition) is 4. The van der Waals surface area contributed by atoms with Crippen LogP contribution < -0.4 is 14.8 Å².